The van der Waals surface area contributed by atoms with Crippen molar-refractivity contribution in [1.82, 2.24) is 0 Å². The number of carboxylic acids is 1. The summed E-state index contributed by atoms with van der Waals surface area (Å²) in [5.74, 6) is -1.38. The Bertz CT molecular complexity index is 441. The van der Waals surface area contributed by atoms with Crippen LogP contribution in [0.5, 0.6) is 11.5 Å². The molecule has 0 radical (unpaired) electrons. The second-order valence-electron chi connectivity index (χ2n) is 3.40. The molecule has 1 heterocycles. The molecule has 7 nitrogen and oxygen atoms in total. The van der Waals surface area contributed by atoms with Crippen LogP contribution in [0, 0.1) is 10.1 Å². The van der Waals surface area contributed by atoms with Crippen LogP contribution in [-0.2, 0) is 0 Å². The highest BCUT2D eigenvalue weighted by Gasteiger charge is 2.28. The molecule has 1 aliphatic rings. The molecule has 90 valence electrons. The molecule has 1 aromatic carbocycles. The molecule has 1 aliphatic heterocycles. The van der Waals surface area contributed by atoms with Crippen LogP contribution in [0.1, 0.15) is 16.8 Å². The zero-order valence-corrected chi connectivity index (χ0v) is 8.71. The summed E-state index contributed by atoms with van der Waals surface area (Å²) in [6, 6.07) is 2.25. The highest BCUT2D eigenvalue weighted by atomic mass is 16.6. The van der Waals surface area contributed by atoms with E-state index in [1.165, 1.54) is 0 Å². The quantitative estimate of drug-likeness (QED) is 0.619. The van der Waals surface area contributed by atoms with Crippen molar-refractivity contribution in [1.29, 1.82) is 0 Å². The fraction of sp³-hybridized carbons (Fsp3) is 0.300. The lowest BCUT2D eigenvalue weighted by molar-refractivity contribution is -0.385. The van der Waals surface area contributed by atoms with E-state index in [1.54, 1.807) is 0 Å². The molecule has 0 saturated heterocycles. The van der Waals surface area contributed by atoms with Crippen molar-refractivity contribution in [3.05, 3.63) is 27.8 Å². The second kappa shape index (κ2) is 4.28. The van der Waals surface area contributed by atoms with Crippen LogP contribution in [0.4, 0.5) is 5.69 Å². The number of nitrogens with zero attached hydrogens (tertiary/aromatic N) is 1. The molecule has 1 aromatic rings. The molecule has 17 heavy (non-hydrogen) atoms. The zero-order chi connectivity index (χ0) is 12.4. The number of hydrogen-bond acceptors (Lipinski definition) is 5. The molecule has 0 unspecified atom stereocenters. The number of nitro benzene ring substituents is 1. The van der Waals surface area contributed by atoms with Gasteiger partial charge in [-0.05, 0) is 6.07 Å². The smallest absolute Gasteiger partial charge is 0.339 e. The highest BCUT2D eigenvalue weighted by molar-refractivity contribution is 5.93. The molecule has 0 amide bonds. The normalized spacial score (nSPS) is 13.9. The van der Waals surface area contributed by atoms with Gasteiger partial charge < -0.3 is 14.6 Å². The number of carboxylic acid groups (broad SMARTS) is 1. The highest BCUT2D eigenvalue weighted by Crippen LogP contribution is 2.41. The van der Waals surface area contributed by atoms with Gasteiger partial charge in [0.05, 0.1) is 18.1 Å². The zero-order valence-electron chi connectivity index (χ0n) is 8.71. The van der Waals surface area contributed by atoms with Crippen molar-refractivity contribution in [2.24, 2.45) is 0 Å². The van der Waals surface area contributed by atoms with Crippen LogP contribution in [-0.4, -0.2) is 29.2 Å². The first kappa shape index (κ1) is 11.2. The van der Waals surface area contributed by atoms with E-state index in [1.807, 2.05) is 0 Å². The van der Waals surface area contributed by atoms with E-state index < -0.39 is 10.9 Å². The molecular formula is C10H9NO6. The molecule has 0 fully saturated rings. The SMILES string of the molecule is O=C(O)c1ccc([N+](=O)[O-])c2c1OCCCO2. The van der Waals surface area contributed by atoms with Gasteiger partial charge in [-0.2, -0.15) is 0 Å². The summed E-state index contributed by atoms with van der Waals surface area (Å²) in [6.07, 6.45) is 0.547. The molecule has 0 aromatic heterocycles. The molecule has 1 N–H and O–H groups in total. The van der Waals surface area contributed by atoms with Crippen molar-refractivity contribution >= 4 is 11.7 Å². The first-order chi connectivity index (χ1) is 8.11. The van der Waals surface area contributed by atoms with Gasteiger partial charge in [0.1, 0.15) is 5.56 Å². The number of hydrogen-bond donors (Lipinski definition) is 1. The number of carbonyl (C=O) groups is 1. The van der Waals surface area contributed by atoms with Crippen molar-refractivity contribution in [2.45, 2.75) is 6.42 Å². The minimum atomic E-state index is -1.21. The maximum absolute atomic E-state index is 11.0. The van der Waals surface area contributed by atoms with E-state index in [0.29, 0.717) is 6.42 Å². The number of ether oxygens (including phenoxy) is 2. The first-order valence-electron chi connectivity index (χ1n) is 4.91. The summed E-state index contributed by atoms with van der Waals surface area (Å²) in [7, 11) is 0. The monoisotopic (exact) mass is 239 g/mol. The molecule has 2 rings (SSSR count). The summed E-state index contributed by atoms with van der Waals surface area (Å²) < 4.78 is 10.4. The Hall–Kier alpha value is -2.31. The average molecular weight is 239 g/mol. The molecule has 0 aliphatic carbocycles. The van der Waals surface area contributed by atoms with Crippen LogP contribution in [0.3, 0.4) is 0 Å². The minimum Gasteiger partial charge on any atom is -0.488 e. The molecule has 0 spiro atoms. The Labute approximate surface area is 95.7 Å². The van der Waals surface area contributed by atoms with Gasteiger partial charge in [0.25, 0.3) is 0 Å². The van der Waals surface area contributed by atoms with Gasteiger partial charge in [-0.3, -0.25) is 10.1 Å². The number of rotatable bonds is 2. The Morgan fingerprint density at radius 2 is 1.94 bits per heavy atom. The molecule has 0 saturated carbocycles. The Kier molecular flexibility index (Phi) is 2.82. The van der Waals surface area contributed by atoms with Crippen LogP contribution in [0.2, 0.25) is 0 Å². The number of fused-ring (bicyclic) bond motifs is 1. The summed E-state index contributed by atoms with van der Waals surface area (Å²) in [4.78, 5) is 21.1. The minimum absolute atomic E-state index is 0.0656. The number of nitro groups is 1. The average Bonchev–Trinajstić information content (AvgIpc) is 2.52. The van der Waals surface area contributed by atoms with Gasteiger partial charge >= 0.3 is 11.7 Å². The van der Waals surface area contributed by atoms with Crippen LogP contribution >= 0.6 is 0 Å². The van der Waals surface area contributed by atoms with E-state index in [2.05, 4.69) is 0 Å². The summed E-state index contributed by atoms with van der Waals surface area (Å²) >= 11 is 0. The van der Waals surface area contributed by atoms with E-state index in [9.17, 15) is 14.9 Å². The standard InChI is InChI=1S/C10H9NO6/c12-10(13)6-2-3-7(11(14)15)9-8(6)16-4-1-5-17-9/h2-3H,1,4-5H2,(H,12,13). The van der Waals surface area contributed by atoms with Crippen molar-refractivity contribution in [3.63, 3.8) is 0 Å². The van der Waals surface area contributed by atoms with Crippen LogP contribution < -0.4 is 9.47 Å². The second-order valence-corrected chi connectivity index (χ2v) is 3.40. The van der Waals surface area contributed by atoms with E-state index in [0.717, 1.165) is 12.1 Å². The topological polar surface area (TPSA) is 98.9 Å². The van der Waals surface area contributed by atoms with Gasteiger partial charge in [0.15, 0.2) is 5.75 Å². The first-order valence-corrected chi connectivity index (χ1v) is 4.91. The van der Waals surface area contributed by atoms with Crippen molar-refractivity contribution in [2.75, 3.05) is 13.2 Å². The Morgan fingerprint density at radius 1 is 1.29 bits per heavy atom. The van der Waals surface area contributed by atoms with Crippen molar-refractivity contribution < 1.29 is 24.3 Å². The summed E-state index contributed by atoms with van der Waals surface area (Å²) in [5, 5.41) is 19.7. The molecule has 7 heteroatoms. The maximum atomic E-state index is 11.0. The summed E-state index contributed by atoms with van der Waals surface area (Å²) in [5.41, 5.74) is -0.417. The Morgan fingerprint density at radius 3 is 2.53 bits per heavy atom. The lowest BCUT2D eigenvalue weighted by Crippen LogP contribution is -2.04. The molecule has 0 bridgehead atoms. The third-order valence-electron chi connectivity index (χ3n) is 2.30. The van der Waals surface area contributed by atoms with Gasteiger partial charge in [-0.25, -0.2) is 4.79 Å². The van der Waals surface area contributed by atoms with Gasteiger partial charge in [0, 0.05) is 12.5 Å². The largest absolute Gasteiger partial charge is 0.488 e. The van der Waals surface area contributed by atoms with E-state index in [4.69, 9.17) is 14.6 Å². The Balaban J connectivity index is 2.62. The van der Waals surface area contributed by atoms with E-state index in [-0.39, 0.29) is 36.0 Å². The third-order valence-corrected chi connectivity index (χ3v) is 2.30. The fourth-order valence-electron chi connectivity index (χ4n) is 1.55. The third kappa shape index (κ3) is 1.99. The predicted octanol–water partition coefficient (Wildman–Crippen LogP) is 1.45. The molecule has 0 atom stereocenters. The number of aromatic carboxylic acids is 1. The lowest BCUT2D eigenvalue weighted by Gasteiger charge is -2.09. The fourth-order valence-corrected chi connectivity index (χ4v) is 1.55. The summed E-state index contributed by atoms with van der Waals surface area (Å²) in [6.45, 7) is 0.533. The maximum Gasteiger partial charge on any atom is 0.339 e. The van der Waals surface area contributed by atoms with Gasteiger partial charge in [-0.1, -0.05) is 0 Å². The van der Waals surface area contributed by atoms with Crippen molar-refractivity contribution in [3.8, 4) is 11.5 Å². The van der Waals surface area contributed by atoms with Gasteiger partial charge in [0.2, 0.25) is 5.75 Å². The van der Waals surface area contributed by atoms with Crippen LogP contribution in [0.15, 0.2) is 12.1 Å². The number of benzene rings is 1. The predicted molar refractivity (Wildman–Crippen MR) is 55.7 cm³/mol. The lowest BCUT2D eigenvalue weighted by atomic mass is 10.1. The van der Waals surface area contributed by atoms with Gasteiger partial charge in [-0.15, -0.1) is 0 Å². The van der Waals surface area contributed by atoms with E-state index >= 15 is 0 Å². The molecular weight excluding hydrogens is 230 g/mol. The van der Waals surface area contributed by atoms with Crippen LogP contribution in [0.25, 0.3) is 0 Å².